The summed E-state index contributed by atoms with van der Waals surface area (Å²) in [6.45, 7) is 1.69. The van der Waals surface area contributed by atoms with E-state index in [0.717, 1.165) is 0 Å². The number of nitrogen functional groups attached to an aromatic ring is 1. The van der Waals surface area contributed by atoms with E-state index in [1.807, 2.05) is 0 Å². The van der Waals surface area contributed by atoms with Crippen molar-refractivity contribution in [3.05, 3.63) is 64.9 Å². The standard InChI is InChI=1S/C22H24ClN7O3/c1-14-26-28-22(30(14)24)29-27-16(13-20(31)18-5-3-4-6-19(18)23)9-12-21(32)25-15-7-10-17(33-2)11-8-15/h3-8,10-11H,9,12-13,24H2,1-2H3,(H,25,32)(H,28,29)/b27-16+. The van der Waals surface area contributed by atoms with E-state index < -0.39 is 0 Å². The van der Waals surface area contributed by atoms with Crippen molar-refractivity contribution in [1.29, 1.82) is 0 Å². The van der Waals surface area contributed by atoms with Crippen molar-refractivity contribution in [3.63, 3.8) is 0 Å². The van der Waals surface area contributed by atoms with Gasteiger partial charge in [-0.05, 0) is 49.7 Å². The van der Waals surface area contributed by atoms with Crippen molar-refractivity contribution < 1.29 is 14.3 Å². The number of ether oxygens (including phenoxy) is 1. The molecule has 11 heteroatoms. The number of hydrazone groups is 1. The molecule has 1 amide bonds. The van der Waals surface area contributed by atoms with Crippen LogP contribution in [0.15, 0.2) is 53.6 Å². The minimum Gasteiger partial charge on any atom is -0.497 e. The van der Waals surface area contributed by atoms with E-state index >= 15 is 0 Å². The minimum atomic E-state index is -0.226. The molecule has 0 fully saturated rings. The van der Waals surface area contributed by atoms with Crippen molar-refractivity contribution >= 4 is 40.6 Å². The zero-order valence-corrected chi connectivity index (χ0v) is 19.0. The molecule has 1 aromatic heterocycles. The maximum atomic E-state index is 12.8. The number of Topliss-reactive ketones (excluding diaryl/α,β-unsaturated/α-hetero) is 1. The second kappa shape index (κ2) is 11.1. The summed E-state index contributed by atoms with van der Waals surface area (Å²) in [5, 5.41) is 15.2. The quantitative estimate of drug-likeness (QED) is 0.179. The molecule has 0 atom stereocenters. The smallest absolute Gasteiger partial charge is 0.263 e. The summed E-state index contributed by atoms with van der Waals surface area (Å²) < 4.78 is 6.34. The molecule has 0 radical (unpaired) electrons. The summed E-state index contributed by atoms with van der Waals surface area (Å²) in [4.78, 5) is 25.2. The van der Waals surface area contributed by atoms with Gasteiger partial charge in [0.2, 0.25) is 5.91 Å². The van der Waals surface area contributed by atoms with Crippen LogP contribution in [0.2, 0.25) is 5.02 Å². The highest BCUT2D eigenvalue weighted by Gasteiger charge is 2.15. The molecule has 0 bridgehead atoms. The zero-order valence-electron chi connectivity index (χ0n) is 18.2. The normalized spacial score (nSPS) is 11.2. The molecular formula is C22H24ClN7O3. The molecule has 0 saturated heterocycles. The van der Waals surface area contributed by atoms with Crippen LogP contribution in [0.3, 0.4) is 0 Å². The number of benzene rings is 2. The van der Waals surface area contributed by atoms with Crippen molar-refractivity contribution in [2.75, 3.05) is 23.7 Å². The molecular weight excluding hydrogens is 446 g/mol. The molecule has 3 rings (SSSR count). The number of nitrogens with two attached hydrogens (primary N) is 1. The topological polar surface area (TPSA) is 137 Å². The Morgan fingerprint density at radius 3 is 2.48 bits per heavy atom. The molecule has 0 saturated carbocycles. The van der Waals surface area contributed by atoms with Gasteiger partial charge < -0.3 is 15.9 Å². The Hall–Kier alpha value is -3.92. The van der Waals surface area contributed by atoms with E-state index in [1.165, 1.54) is 4.68 Å². The van der Waals surface area contributed by atoms with Crippen LogP contribution in [-0.2, 0) is 4.79 Å². The lowest BCUT2D eigenvalue weighted by atomic mass is 10.0. The molecule has 3 aromatic rings. The third kappa shape index (κ3) is 6.53. The second-order valence-corrected chi connectivity index (χ2v) is 7.49. The van der Waals surface area contributed by atoms with Crippen molar-refractivity contribution in [2.24, 2.45) is 5.10 Å². The Bertz CT molecular complexity index is 1160. The van der Waals surface area contributed by atoms with E-state index in [1.54, 1.807) is 62.6 Å². The van der Waals surface area contributed by atoms with Gasteiger partial charge in [-0.1, -0.05) is 23.7 Å². The molecule has 0 aliphatic rings. The van der Waals surface area contributed by atoms with Gasteiger partial charge >= 0.3 is 0 Å². The lowest BCUT2D eigenvalue weighted by Crippen LogP contribution is -2.18. The number of halogens is 1. The first kappa shape index (κ1) is 23.7. The number of amides is 1. The number of carbonyl (C=O) groups excluding carboxylic acids is 2. The van der Waals surface area contributed by atoms with Crippen LogP contribution >= 0.6 is 11.6 Å². The molecule has 172 valence electrons. The largest absolute Gasteiger partial charge is 0.497 e. The summed E-state index contributed by atoms with van der Waals surface area (Å²) in [5.41, 5.74) is 4.17. The molecule has 0 unspecified atom stereocenters. The fraction of sp³-hybridized carbons (Fsp3) is 0.227. The van der Waals surface area contributed by atoms with E-state index in [2.05, 4.69) is 26.0 Å². The monoisotopic (exact) mass is 469 g/mol. The van der Waals surface area contributed by atoms with Gasteiger partial charge in [-0.25, -0.2) is 10.1 Å². The van der Waals surface area contributed by atoms with E-state index in [9.17, 15) is 9.59 Å². The highest BCUT2D eigenvalue weighted by molar-refractivity contribution is 6.34. The van der Waals surface area contributed by atoms with Gasteiger partial charge in [0.1, 0.15) is 5.75 Å². The SMILES string of the molecule is COc1ccc(NC(=O)CC/C(CC(=O)c2ccccc2Cl)=N\Nc2nnc(C)n2N)cc1. The van der Waals surface area contributed by atoms with Crippen molar-refractivity contribution in [1.82, 2.24) is 14.9 Å². The Morgan fingerprint density at radius 1 is 1.12 bits per heavy atom. The van der Waals surface area contributed by atoms with Crippen molar-refractivity contribution in [2.45, 2.75) is 26.2 Å². The Kier molecular flexibility index (Phi) is 7.98. The first-order valence-electron chi connectivity index (χ1n) is 10.1. The molecule has 0 aliphatic carbocycles. The molecule has 0 aliphatic heterocycles. The average molecular weight is 470 g/mol. The van der Waals surface area contributed by atoms with Crippen LogP contribution < -0.4 is 21.3 Å². The number of methoxy groups -OCH3 is 1. The summed E-state index contributed by atoms with van der Waals surface area (Å²) in [5.74, 6) is 6.77. The number of ketones is 1. The maximum absolute atomic E-state index is 12.8. The first-order valence-corrected chi connectivity index (χ1v) is 10.5. The highest BCUT2D eigenvalue weighted by Crippen LogP contribution is 2.19. The van der Waals surface area contributed by atoms with Gasteiger partial charge in [0.15, 0.2) is 11.6 Å². The van der Waals surface area contributed by atoms with Gasteiger partial charge in [-0.3, -0.25) is 9.59 Å². The van der Waals surface area contributed by atoms with Crippen LogP contribution in [0, 0.1) is 6.92 Å². The molecule has 0 spiro atoms. The predicted octanol–water partition coefficient (Wildman–Crippen LogP) is 3.42. The van der Waals surface area contributed by atoms with Crippen LogP contribution in [0.4, 0.5) is 11.6 Å². The number of aryl methyl sites for hydroxylation is 1. The first-order chi connectivity index (χ1) is 15.9. The number of anilines is 2. The third-order valence-electron chi connectivity index (χ3n) is 4.73. The fourth-order valence-corrected chi connectivity index (χ4v) is 3.12. The van der Waals surface area contributed by atoms with Crippen LogP contribution in [0.5, 0.6) is 5.75 Å². The Balaban J connectivity index is 1.69. The average Bonchev–Trinajstić information content (AvgIpc) is 3.13. The van der Waals surface area contributed by atoms with Gasteiger partial charge in [0, 0.05) is 23.4 Å². The summed E-state index contributed by atoms with van der Waals surface area (Å²) in [6.07, 6.45) is 0.295. The van der Waals surface area contributed by atoms with Gasteiger partial charge in [-0.2, -0.15) is 5.10 Å². The zero-order chi connectivity index (χ0) is 23.8. The second-order valence-electron chi connectivity index (χ2n) is 7.09. The molecule has 33 heavy (non-hydrogen) atoms. The van der Waals surface area contributed by atoms with Crippen LogP contribution in [0.1, 0.15) is 35.4 Å². The number of rotatable bonds is 10. The molecule has 1 heterocycles. The highest BCUT2D eigenvalue weighted by atomic mass is 35.5. The number of aromatic nitrogens is 3. The lowest BCUT2D eigenvalue weighted by Gasteiger charge is -2.09. The summed E-state index contributed by atoms with van der Waals surface area (Å²) in [7, 11) is 1.57. The Morgan fingerprint density at radius 2 is 1.85 bits per heavy atom. The van der Waals surface area contributed by atoms with E-state index in [4.69, 9.17) is 22.2 Å². The Labute approximate surface area is 195 Å². The van der Waals surface area contributed by atoms with E-state index in [-0.39, 0.29) is 36.9 Å². The number of hydrogen-bond acceptors (Lipinski definition) is 8. The number of nitrogens with zero attached hydrogens (tertiary/aromatic N) is 4. The van der Waals surface area contributed by atoms with Crippen LogP contribution in [0.25, 0.3) is 0 Å². The fourth-order valence-electron chi connectivity index (χ4n) is 2.88. The molecule has 4 N–H and O–H groups in total. The third-order valence-corrected chi connectivity index (χ3v) is 5.06. The number of nitrogens with one attached hydrogen (secondary N) is 2. The number of carbonyl (C=O) groups is 2. The van der Waals surface area contributed by atoms with Gasteiger partial charge in [0.25, 0.3) is 5.95 Å². The number of hydrogen-bond donors (Lipinski definition) is 3. The summed E-state index contributed by atoms with van der Waals surface area (Å²) in [6, 6.07) is 13.7. The lowest BCUT2D eigenvalue weighted by molar-refractivity contribution is -0.116. The maximum Gasteiger partial charge on any atom is 0.263 e. The predicted molar refractivity (Wildman–Crippen MR) is 127 cm³/mol. The van der Waals surface area contributed by atoms with Gasteiger partial charge in [-0.15, -0.1) is 10.2 Å². The molecule has 2 aromatic carbocycles. The minimum absolute atomic E-state index is 0.0375. The molecule has 10 nitrogen and oxygen atoms in total. The summed E-state index contributed by atoms with van der Waals surface area (Å²) >= 11 is 6.15. The van der Waals surface area contributed by atoms with Gasteiger partial charge in [0.05, 0.1) is 18.6 Å². The van der Waals surface area contributed by atoms with Crippen LogP contribution in [-0.4, -0.2) is 39.4 Å². The van der Waals surface area contributed by atoms with E-state index in [0.29, 0.717) is 33.6 Å². The van der Waals surface area contributed by atoms with Crippen molar-refractivity contribution in [3.8, 4) is 5.75 Å².